The van der Waals surface area contributed by atoms with E-state index in [1.807, 2.05) is 36.4 Å². The molecule has 0 fully saturated rings. The smallest absolute Gasteiger partial charge is 0.150 e. The molecule has 1 nitrogen and oxygen atoms in total. The van der Waals surface area contributed by atoms with Gasteiger partial charge in [-0.05, 0) is 29.0 Å². The Balaban J connectivity index is 2.74. The SMILES string of the molecule is O=Cc1ccc2ccc(S)cc2c1. The maximum Gasteiger partial charge on any atom is 0.150 e. The summed E-state index contributed by atoms with van der Waals surface area (Å²) in [6.45, 7) is 0. The average Bonchev–Trinajstić information content (AvgIpc) is 2.16. The molecule has 0 aliphatic rings. The number of fused-ring (bicyclic) bond motifs is 1. The summed E-state index contributed by atoms with van der Waals surface area (Å²) in [7, 11) is 0. The van der Waals surface area contributed by atoms with Crippen LogP contribution in [0.25, 0.3) is 10.8 Å². The van der Waals surface area contributed by atoms with Crippen molar-refractivity contribution in [2.75, 3.05) is 0 Å². The van der Waals surface area contributed by atoms with Crippen LogP contribution in [0.2, 0.25) is 0 Å². The van der Waals surface area contributed by atoms with Crippen molar-refractivity contribution >= 4 is 29.7 Å². The molecular formula is C11H8OS. The van der Waals surface area contributed by atoms with Gasteiger partial charge >= 0.3 is 0 Å². The maximum absolute atomic E-state index is 10.5. The largest absolute Gasteiger partial charge is 0.298 e. The quantitative estimate of drug-likeness (QED) is 0.538. The highest BCUT2D eigenvalue weighted by Crippen LogP contribution is 2.18. The van der Waals surface area contributed by atoms with E-state index >= 15 is 0 Å². The van der Waals surface area contributed by atoms with Gasteiger partial charge in [-0.3, -0.25) is 4.79 Å². The van der Waals surface area contributed by atoms with E-state index in [9.17, 15) is 4.79 Å². The normalized spacial score (nSPS) is 10.2. The summed E-state index contributed by atoms with van der Waals surface area (Å²) >= 11 is 4.24. The molecule has 13 heavy (non-hydrogen) atoms. The Morgan fingerprint density at radius 3 is 2.54 bits per heavy atom. The summed E-state index contributed by atoms with van der Waals surface area (Å²) in [5.41, 5.74) is 0.700. The van der Waals surface area contributed by atoms with E-state index in [1.54, 1.807) is 0 Å². The van der Waals surface area contributed by atoms with Gasteiger partial charge in [0.05, 0.1) is 0 Å². The standard InChI is InChI=1S/C11H8OS/c12-7-8-1-2-9-3-4-11(13)6-10(9)5-8/h1-7,13H. The summed E-state index contributed by atoms with van der Waals surface area (Å²) in [4.78, 5) is 11.4. The minimum Gasteiger partial charge on any atom is -0.298 e. The van der Waals surface area contributed by atoms with E-state index in [1.165, 1.54) is 0 Å². The second-order valence-electron chi connectivity index (χ2n) is 2.91. The van der Waals surface area contributed by atoms with Gasteiger partial charge in [0, 0.05) is 10.5 Å². The van der Waals surface area contributed by atoms with Crippen LogP contribution in [0, 0.1) is 0 Å². The van der Waals surface area contributed by atoms with Gasteiger partial charge in [0.25, 0.3) is 0 Å². The number of hydrogen-bond acceptors (Lipinski definition) is 2. The number of benzene rings is 2. The number of thiol groups is 1. The van der Waals surface area contributed by atoms with E-state index in [2.05, 4.69) is 12.6 Å². The summed E-state index contributed by atoms with van der Waals surface area (Å²) in [5.74, 6) is 0. The lowest BCUT2D eigenvalue weighted by atomic mass is 10.1. The first-order valence-electron chi connectivity index (χ1n) is 3.97. The second kappa shape index (κ2) is 3.23. The zero-order chi connectivity index (χ0) is 9.26. The first kappa shape index (κ1) is 8.32. The van der Waals surface area contributed by atoms with Crippen molar-refractivity contribution in [2.24, 2.45) is 0 Å². The Labute approximate surface area is 81.8 Å². The van der Waals surface area contributed by atoms with Crippen molar-refractivity contribution in [3.05, 3.63) is 42.0 Å². The Morgan fingerprint density at radius 2 is 1.77 bits per heavy atom. The molecule has 0 aliphatic carbocycles. The van der Waals surface area contributed by atoms with E-state index in [0.29, 0.717) is 5.56 Å². The van der Waals surface area contributed by atoms with Gasteiger partial charge in [0.15, 0.2) is 0 Å². The zero-order valence-corrected chi connectivity index (χ0v) is 7.79. The maximum atomic E-state index is 10.5. The van der Waals surface area contributed by atoms with Crippen molar-refractivity contribution in [1.29, 1.82) is 0 Å². The third-order valence-electron chi connectivity index (χ3n) is 1.98. The van der Waals surface area contributed by atoms with Crippen LogP contribution in [-0.4, -0.2) is 6.29 Å². The van der Waals surface area contributed by atoms with Crippen LogP contribution in [0.5, 0.6) is 0 Å². The third kappa shape index (κ3) is 1.58. The van der Waals surface area contributed by atoms with E-state index < -0.39 is 0 Å². The molecular weight excluding hydrogens is 180 g/mol. The van der Waals surface area contributed by atoms with Crippen LogP contribution < -0.4 is 0 Å². The monoisotopic (exact) mass is 188 g/mol. The molecule has 0 saturated heterocycles. The molecule has 64 valence electrons. The van der Waals surface area contributed by atoms with Gasteiger partial charge in [-0.2, -0.15) is 0 Å². The molecule has 2 rings (SSSR count). The van der Waals surface area contributed by atoms with Crippen molar-refractivity contribution in [1.82, 2.24) is 0 Å². The molecule has 2 heteroatoms. The van der Waals surface area contributed by atoms with Crippen LogP contribution in [0.3, 0.4) is 0 Å². The summed E-state index contributed by atoms with van der Waals surface area (Å²) < 4.78 is 0. The van der Waals surface area contributed by atoms with E-state index in [4.69, 9.17) is 0 Å². The Bertz CT molecular complexity index is 463. The van der Waals surface area contributed by atoms with Gasteiger partial charge < -0.3 is 0 Å². The fourth-order valence-electron chi connectivity index (χ4n) is 1.33. The van der Waals surface area contributed by atoms with Crippen molar-refractivity contribution < 1.29 is 4.79 Å². The van der Waals surface area contributed by atoms with Gasteiger partial charge in [-0.15, -0.1) is 12.6 Å². The highest BCUT2D eigenvalue weighted by molar-refractivity contribution is 7.80. The third-order valence-corrected chi connectivity index (χ3v) is 2.26. The summed E-state index contributed by atoms with van der Waals surface area (Å²) in [6.07, 6.45) is 0.852. The number of carbonyl (C=O) groups excluding carboxylic acids is 1. The van der Waals surface area contributed by atoms with E-state index in [0.717, 1.165) is 22.0 Å². The van der Waals surface area contributed by atoms with Gasteiger partial charge in [0.1, 0.15) is 6.29 Å². The predicted molar refractivity (Wildman–Crippen MR) is 56.6 cm³/mol. The molecule has 0 amide bonds. The number of aldehydes is 1. The lowest BCUT2D eigenvalue weighted by molar-refractivity contribution is 0.112. The lowest BCUT2D eigenvalue weighted by Crippen LogP contribution is -1.79. The molecule has 0 bridgehead atoms. The van der Waals surface area contributed by atoms with Gasteiger partial charge in [-0.1, -0.05) is 18.2 Å². The fraction of sp³-hybridized carbons (Fsp3) is 0. The van der Waals surface area contributed by atoms with Crippen LogP contribution >= 0.6 is 12.6 Å². The molecule has 0 aromatic heterocycles. The van der Waals surface area contributed by atoms with Crippen LogP contribution in [-0.2, 0) is 0 Å². The Morgan fingerprint density at radius 1 is 1.00 bits per heavy atom. The highest BCUT2D eigenvalue weighted by atomic mass is 32.1. The molecule has 2 aromatic carbocycles. The van der Waals surface area contributed by atoms with E-state index in [-0.39, 0.29) is 0 Å². The van der Waals surface area contributed by atoms with Gasteiger partial charge in [0.2, 0.25) is 0 Å². The summed E-state index contributed by atoms with van der Waals surface area (Å²) in [5, 5.41) is 2.18. The molecule has 0 heterocycles. The number of rotatable bonds is 1. The molecule has 2 aromatic rings. The second-order valence-corrected chi connectivity index (χ2v) is 3.43. The molecule has 0 radical (unpaired) electrons. The van der Waals surface area contributed by atoms with Crippen LogP contribution in [0.1, 0.15) is 10.4 Å². The Kier molecular flexibility index (Phi) is 2.07. The molecule has 0 spiro atoms. The van der Waals surface area contributed by atoms with Crippen molar-refractivity contribution in [3.63, 3.8) is 0 Å². The minimum absolute atomic E-state index is 0.700. The minimum atomic E-state index is 0.700. The lowest BCUT2D eigenvalue weighted by Gasteiger charge is -1.99. The first-order chi connectivity index (χ1) is 6.29. The van der Waals surface area contributed by atoms with Crippen molar-refractivity contribution in [2.45, 2.75) is 4.90 Å². The highest BCUT2D eigenvalue weighted by Gasteiger charge is 1.95. The zero-order valence-electron chi connectivity index (χ0n) is 6.90. The first-order valence-corrected chi connectivity index (χ1v) is 4.42. The fourth-order valence-corrected chi connectivity index (χ4v) is 1.54. The summed E-state index contributed by atoms with van der Waals surface area (Å²) in [6, 6.07) is 11.5. The molecule has 0 aliphatic heterocycles. The molecule has 0 N–H and O–H groups in total. The predicted octanol–water partition coefficient (Wildman–Crippen LogP) is 2.94. The Hall–Kier alpha value is -1.28. The average molecular weight is 188 g/mol. The molecule has 0 atom stereocenters. The number of hydrogen-bond donors (Lipinski definition) is 1. The molecule has 0 saturated carbocycles. The number of carbonyl (C=O) groups is 1. The van der Waals surface area contributed by atoms with Crippen LogP contribution in [0.4, 0.5) is 0 Å². The molecule has 0 unspecified atom stereocenters. The van der Waals surface area contributed by atoms with Crippen LogP contribution in [0.15, 0.2) is 41.3 Å². The van der Waals surface area contributed by atoms with Crippen molar-refractivity contribution in [3.8, 4) is 0 Å². The van der Waals surface area contributed by atoms with Gasteiger partial charge in [-0.25, -0.2) is 0 Å². The topological polar surface area (TPSA) is 17.1 Å².